The van der Waals surface area contributed by atoms with Gasteiger partial charge in [0.25, 0.3) is 0 Å². The second kappa shape index (κ2) is 5.18. The molecule has 0 saturated carbocycles. The third-order valence-electron chi connectivity index (χ3n) is 3.53. The summed E-state index contributed by atoms with van der Waals surface area (Å²) in [7, 11) is 1.26. The van der Waals surface area contributed by atoms with Gasteiger partial charge in [0.05, 0.1) is 13.2 Å². The molecule has 3 atom stereocenters. The number of amides is 1. The van der Waals surface area contributed by atoms with Crippen molar-refractivity contribution in [1.29, 1.82) is 0 Å². The number of methoxy groups -OCH3 is 1. The highest BCUT2D eigenvalue weighted by Crippen LogP contribution is 2.38. The number of aliphatic hydroxyl groups is 1. The quantitative estimate of drug-likeness (QED) is 0.740. The van der Waals surface area contributed by atoms with Gasteiger partial charge in [-0.1, -0.05) is 24.3 Å². The molecule has 0 radical (unpaired) electrons. The van der Waals surface area contributed by atoms with Gasteiger partial charge in [0.1, 0.15) is 17.2 Å². The van der Waals surface area contributed by atoms with Crippen LogP contribution in [0.5, 0.6) is 0 Å². The second-order valence-corrected chi connectivity index (χ2v) is 6.31. The van der Waals surface area contributed by atoms with Crippen LogP contribution in [0.1, 0.15) is 27.2 Å². The average Bonchev–Trinajstić information content (AvgIpc) is 2.69. The maximum absolute atomic E-state index is 12.4. The maximum atomic E-state index is 12.4. The van der Waals surface area contributed by atoms with Gasteiger partial charge in [-0.2, -0.15) is 0 Å². The number of hydrogen-bond acceptors (Lipinski definition) is 5. The van der Waals surface area contributed by atoms with Crippen LogP contribution in [0.25, 0.3) is 0 Å². The van der Waals surface area contributed by atoms with Gasteiger partial charge in [-0.15, -0.1) is 0 Å². The first-order chi connectivity index (χ1) is 9.68. The SMILES string of the molecule is COC(=O)[C@@H]1C[C@@]2(O)C=CC=C[C@H]2N1C(=O)OC(C)(C)C. The molecule has 0 aromatic heterocycles. The zero-order valence-electron chi connectivity index (χ0n) is 12.7. The fraction of sp³-hybridized carbons (Fsp3) is 0.600. The van der Waals surface area contributed by atoms with Gasteiger partial charge in [-0.3, -0.25) is 4.90 Å². The first-order valence-corrected chi connectivity index (χ1v) is 6.85. The maximum Gasteiger partial charge on any atom is 0.411 e. The van der Waals surface area contributed by atoms with E-state index in [-0.39, 0.29) is 6.42 Å². The number of carbonyl (C=O) groups is 2. The Kier molecular flexibility index (Phi) is 3.84. The Morgan fingerprint density at radius 3 is 2.57 bits per heavy atom. The molecule has 0 spiro atoms. The van der Waals surface area contributed by atoms with E-state index in [1.54, 1.807) is 45.1 Å². The second-order valence-electron chi connectivity index (χ2n) is 6.31. The predicted octanol–water partition coefficient (Wildman–Crippen LogP) is 1.39. The lowest BCUT2D eigenvalue weighted by Crippen LogP contribution is -2.50. The monoisotopic (exact) mass is 295 g/mol. The minimum absolute atomic E-state index is 0.0877. The highest BCUT2D eigenvalue weighted by atomic mass is 16.6. The van der Waals surface area contributed by atoms with Crippen LogP contribution in [-0.4, -0.2) is 52.5 Å². The summed E-state index contributed by atoms with van der Waals surface area (Å²) in [5.74, 6) is -0.564. The summed E-state index contributed by atoms with van der Waals surface area (Å²) < 4.78 is 10.1. The number of ether oxygens (including phenoxy) is 2. The van der Waals surface area contributed by atoms with Gasteiger partial charge < -0.3 is 14.6 Å². The Morgan fingerprint density at radius 1 is 1.33 bits per heavy atom. The summed E-state index contributed by atoms with van der Waals surface area (Å²) >= 11 is 0. The molecule has 0 bridgehead atoms. The molecular formula is C15H21NO5. The number of rotatable bonds is 1. The largest absolute Gasteiger partial charge is 0.467 e. The zero-order chi connectivity index (χ0) is 15.8. The van der Waals surface area contributed by atoms with E-state index in [1.807, 2.05) is 0 Å². The number of carbonyl (C=O) groups excluding carboxylic acids is 2. The van der Waals surface area contributed by atoms with Crippen molar-refractivity contribution >= 4 is 12.1 Å². The lowest BCUT2D eigenvalue weighted by atomic mass is 9.89. The summed E-state index contributed by atoms with van der Waals surface area (Å²) in [6, 6.07) is -1.51. The Labute approximate surface area is 124 Å². The van der Waals surface area contributed by atoms with Crippen LogP contribution >= 0.6 is 0 Å². The molecule has 0 aromatic carbocycles. The first-order valence-electron chi connectivity index (χ1n) is 6.85. The van der Waals surface area contributed by atoms with Crippen molar-refractivity contribution in [3.05, 3.63) is 24.3 Å². The van der Waals surface area contributed by atoms with E-state index in [0.717, 1.165) is 0 Å². The molecular weight excluding hydrogens is 274 g/mol. The lowest BCUT2D eigenvalue weighted by Gasteiger charge is -2.33. The van der Waals surface area contributed by atoms with Gasteiger partial charge in [0, 0.05) is 6.42 Å². The molecule has 1 saturated heterocycles. The third-order valence-corrected chi connectivity index (χ3v) is 3.53. The van der Waals surface area contributed by atoms with E-state index in [0.29, 0.717) is 0 Å². The Hall–Kier alpha value is -1.82. The number of likely N-dealkylation sites (tertiary alicyclic amines) is 1. The topological polar surface area (TPSA) is 76.1 Å². The predicted molar refractivity (Wildman–Crippen MR) is 75.5 cm³/mol. The number of esters is 1. The molecule has 116 valence electrons. The molecule has 1 N–H and O–H groups in total. The fourth-order valence-electron chi connectivity index (χ4n) is 2.67. The molecule has 2 aliphatic rings. The Balaban J connectivity index is 2.33. The highest BCUT2D eigenvalue weighted by Gasteiger charge is 2.55. The average molecular weight is 295 g/mol. The molecule has 0 unspecified atom stereocenters. The number of allylic oxidation sites excluding steroid dienone is 2. The van der Waals surface area contributed by atoms with Crippen molar-refractivity contribution in [2.75, 3.05) is 7.11 Å². The van der Waals surface area contributed by atoms with Crippen LogP contribution < -0.4 is 0 Å². The van der Waals surface area contributed by atoms with Crippen LogP contribution in [0.15, 0.2) is 24.3 Å². The van der Waals surface area contributed by atoms with Crippen molar-refractivity contribution in [1.82, 2.24) is 4.90 Å². The van der Waals surface area contributed by atoms with Crippen LogP contribution in [-0.2, 0) is 14.3 Å². The first kappa shape index (κ1) is 15.6. The van der Waals surface area contributed by atoms with Crippen LogP contribution in [0, 0.1) is 0 Å². The number of hydrogen-bond donors (Lipinski definition) is 1. The van der Waals surface area contributed by atoms with E-state index in [4.69, 9.17) is 9.47 Å². The number of fused-ring (bicyclic) bond motifs is 1. The Bertz CT molecular complexity index is 505. The lowest BCUT2D eigenvalue weighted by molar-refractivity contribution is -0.146. The van der Waals surface area contributed by atoms with Crippen molar-refractivity contribution < 1.29 is 24.2 Å². The van der Waals surface area contributed by atoms with Crippen molar-refractivity contribution in [2.24, 2.45) is 0 Å². The van der Waals surface area contributed by atoms with E-state index in [9.17, 15) is 14.7 Å². The standard InChI is InChI=1S/C15H21NO5/c1-14(2,3)21-13(18)16-10(12(17)20-4)9-15(19)8-6-5-7-11(15)16/h5-8,10-11,19H,9H2,1-4H3/t10-,11+,15-/m0/s1. The minimum Gasteiger partial charge on any atom is -0.467 e. The fourth-order valence-corrected chi connectivity index (χ4v) is 2.67. The van der Waals surface area contributed by atoms with Crippen molar-refractivity contribution in [2.45, 2.75) is 50.5 Å². The molecule has 6 nitrogen and oxygen atoms in total. The normalized spacial score (nSPS) is 31.0. The third kappa shape index (κ3) is 2.95. The van der Waals surface area contributed by atoms with E-state index in [1.165, 1.54) is 12.0 Å². The number of nitrogens with zero attached hydrogens (tertiary/aromatic N) is 1. The van der Waals surface area contributed by atoms with Crippen LogP contribution in [0.4, 0.5) is 4.79 Å². The van der Waals surface area contributed by atoms with Crippen LogP contribution in [0.2, 0.25) is 0 Å². The van der Waals surface area contributed by atoms with Gasteiger partial charge >= 0.3 is 12.1 Å². The van der Waals surface area contributed by atoms with E-state index >= 15 is 0 Å². The summed E-state index contributed by atoms with van der Waals surface area (Å²) in [4.78, 5) is 25.6. The van der Waals surface area contributed by atoms with Gasteiger partial charge in [-0.05, 0) is 20.8 Å². The van der Waals surface area contributed by atoms with E-state index < -0.39 is 35.3 Å². The molecule has 0 aromatic rings. The molecule has 1 aliphatic carbocycles. The van der Waals surface area contributed by atoms with Gasteiger partial charge in [0.15, 0.2) is 0 Å². The van der Waals surface area contributed by atoms with E-state index in [2.05, 4.69) is 0 Å². The van der Waals surface area contributed by atoms with Crippen molar-refractivity contribution in [3.8, 4) is 0 Å². The molecule has 2 rings (SSSR count). The smallest absolute Gasteiger partial charge is 0.411 e. The molecule has 1 heterocycles. The Morgan fingerprint density at radius 2 is 2.00 bits per heavy atom. The molecule has 6 heteroatoms. The molecule has 1 amide bonds. The summed E-state index contributed by atoms with van der Waals surface area (Å²) in [5, 5.41) is 10.6. The van der Waals surface area contributed by atoms with Gasteiger partial charge in [0.2, 0.25) is 0 Å². The van der Waals surface area contributed by atoms with Gasteiger partial charge in [-0.25, -0.2) is 9.59 Å². The summed E-state index contributed by atoms with van der Waals surface area (Å²) in [5.41, 5.74) is -1.96. The van der Waals surface area contributed by atoms with Crippen molar-refractivity contribution in [3.63, 3.8) is 0 Å². The summed E-state index contributed by atoms with van der Waals surface area (Å²) in [6.07, 6.45) is 6.16. The molecule has 1 aliphatic heterocycles. The molecule has 21 heavy (non-hydrogen) atoms. The minimum atomic E-state index is -1.27. The van der Waals surface area contributed by atoms with Crippen LogP contribution in [0.3, 0.4) is 0 Å². The molecule has 1 fully saturated rings. The summed E-state index contributed by atoms with van der Waals surface area (Å²) in [6.45, 7) is 5.24. The zero-order valence-corrected chi connectivity index (χ0v) is 12.7. The highest BCUT2D eigenvalue weighted by molar-refractivity contribution is 5.83.